The fourth-order valence-corrected chi connectivity index (χ4v) is 3.41. The number of carbonyl (C=O) groups excluding carboxylic acids is 3. The summed E-state index contributed by atoms with van der Waals surface area (Å²) < 4.78 is 5.09. The van der Waals surface area contributed by atoms with Crippen LogP contribution in [0.1, 0.15) is 30.5 Å². The van der Waals surface area contributed by atoms with Crippen molar-refractivity contribution in [2.45, 2.75) is 19.4 Å². The van der Waals surface area contributed by atoms with Gasteiger partial charge in [0.2, 0.25) is 17.7 Å². The summed E-state index contributed by atoms with van der Waals surface area (Å²) in [5.74, 6) is 0.0280. The Morgan fingerprint density at radius 2 is 1.80 bits per heavy atom. The van der Waals surface area contributed by atoms with E-state index in [1.165, 1.54) is 11.8 Å². The van der Waals surface area contributed by atoms with E-state index >= 15 is 0 Å². The third kappa shape index (κ3) is 4.86. The number of anilines is 1. The van der Waals surface area contributed by atoms with E-state index in [0.717, 1.165) is 11.1 Å². The number of nitrogens with one attached hydrogen (secondary N) is 1. The van der Waals surface area contributed by atoms with Gasteiger partial charge in [-0.2, -0.15) is 0 Å². The van der Waals surface area contributed by atoms with Gasteiger partial charge in [-0.25, -0.2) is 0 Å². The van der Waals surface area contributed by atoms with Crippen LogP contribution in [0.5, 0.6) is 5.75 Å². The van der Waals surface area contributed by atoms with Crippen molar-refractivity contribution in [1.82, 2.24) is 9.80 Å². The lowest BCUT2D eigenvalue weighted by atomic mass is 9.93. The predicted octanol–water partition coefficient (Wildman–Crippen LogP) is 3.06. The molecule has 156 valence electrons. The molecule has 2 aromatic rings. The minimum Gasteiger partial charge on any atom is -0.497 e. The Labute approximate surface area is 175 Å². The van der Waals surface area contributed by atoms with Gasteiger partial charge in [-0.1, -0.05) is 24.3 Å². The Morgan fingerprint density at radius 1 is 1.10 bits per heavy atom. The molecule has 0 bridgehead atoms. The van der Waals surface area contributed by atoms with E-state index in [1.807, 2.05) is 30.3 Å². The molecule has 3 amide bonds. The second-order valence-electron chi connectivity index (χ2n) is 7.12. The lowest BCUT2D eigenvalue weighted by molar-refractivity contribution is -0.136. The van der Waals surface area contributed by atoms with Gasteiger partial charge in [-0.05, 0) is 41.5 Å². The Morgan fingerprint density at radius 3 is 2.47 bits per heavy atom. The van der Waals surface area contributed by atoms with Crippen LogP contribution < -0.4 is 10.1 Å². The molecule has 0 saturated carbocycles. The maximum absolute atomic E-state index is 12.8. The largest absolute Gasteiger partial charge is 0.497 e. The van der Waals surface area contributed by atoms with Gasteiger partial charge in [0, 0.05) is 25.9 Å². The number of carbonyl (C=O) groups is 3. The van der Waals surface area contributed by atoms with Crippen LogP contribution in [0, 0.1) is 0 Å². The summed E-state index contributed by atoms with van der Waals surface area (Å²) in [6.07, 6.45) is 3.66. The Kier molecular flexibility index (Phi) is 6.51. The molecule has 7 nitrogen and oxygen atoms in total. The minimum atomic E-state index is -0.400. The van der Waals surface area contributed by atoms with Crippen molar-refractivity contribution in [1.29, 1.82) is 0 Å². The summed E-state index contributed by atoms with van der Waals surface area (Å²) in [6, 6.07) is 14.2. The van der Waals surface area contributed by atoms with Gasteiger partial charge in [0.05, 0.1) is 26.1 Å². The average Bonchev–Trinajstić information content (AvgIpc) is 2.74. The summed E-state index contributed by atoms with van der Waals surface area (Å²) in [5, 5.41) is 2.76. The summed E-state index contributed by atoms with van der Waals surface area (Å²) in [4.78, 5) is 40.2. The molecule has 0 fully saturated rings. The third-order valence-corrected chi connectivity index (χ3v) is 5.02. The number of rotatable bonds is 6. The van der Waals surface area contributed by atoms with Crippen LogP contribution in [-0.2, 0) is 14.4 Å². The number of fused-ring (bicyclic) bond motifs is 1. The molecule has 1 N–H and O–H groups in total. The first kappa shape index (κ1) is 21.1. The third-order valence-electron chi connectivity index (χ3n) is 5.02. The predicted molar refractivity (Wildman–Crippen MR) is 115 cm³/mol. The maximum atomic E-state index is 12.8. The average molecular weight is 407 g/mol. The molecule has 1 aliphatic rings. The lowest BCUT2D eigenvalue weighted by Gasteiger charge is -2.33. The first-order valence-corrected chi connectivity index (χ1v) is 9.63. The van der Waals surface area contributed by atoms with Crippen molar-refractivity contribution in [3.05, 3.63) is 65.9 Å². The first-order chi connectivity index (χ1) is 14.4. The van der Waals surface area contributed by atoms with E-state index in [2.05, 4.69) is 5.32 Å². The van der Waals surface area contributed by atoms with Crippen molar-refractivity contribution in [2.24, 2.45) is 0 Å². The molecule has 1 atom stereocenters. The number of methoxy groups -OCH3 is 1. The van der Waals surface area contributed by atoms with Gasteiger partial charge in [-0.3, -0.25) is 14.4 Å². The van der Waals surface area contributed by atoms with Crippen molar-refractivity contribution in [2.75, 3.05) is 26.0 Å². The molecule has 0 aliphatic carbocycles. The molecule has 0 spiro atoms. The smallest absolute Gasteiger partial charge is 0.243 e. The van der Waals surface area contributed by atoms with E-state index in [4.69, 9.17) is 4.74 Å². The molecule has 30 heavy (non-hydrogen) atoms. The Balaban J connectivity index is 1.64. The molecule has 0 saturated heterocycles. The maximum Gasteiger partial charge on any atom is 0.243 e. The Bertz CT molecular complexity index is 969. The summed E-state index contributed by atoms with van der Waals surface area (Å²) in [5.41, 5.74) is 2.52. The second-order valence-corrected chi connectivity index (χ2v) is 7.12. The van der Waals surface area contributed by atoms with Gasteiger partial charge in [-0.15, -0.1) is 0 Å². The summed E-state index contributed by atoms with van der Waals surface area (Å²) >= 11 is 0. The molecule has 2 aromatic carbocycles. The number of nitrogens with zero attached hydrogens (tertiary/aromatic N) is 2. The van der Waals surface area contributed by atoms with Crippen LogP contribution in [-0.4, -0.2) is 48.2 Å². The minimum absolute atomic E-state index is 0.0882. The zero-order chi connectivity index (χ0) is 21.7. The summed E-state index contributed by atoms with van der Waals surface area (Å²) in [7, 11) is 3.15. The zero-order valence-corrected chi connectivity index (χ0v) is 17.3. The molecule has 0 unspecified atom stereocenters. The summed E-state index contributed by atoms with van der Waals surface area (Å²) in [6.45, 7) is 1.39. The molecule has 1 aliphatic heterocycles. The number of hydrogen-bond donors (Lipinski definition) is 1. The number of likely N-dealkylation sites (N-methyl/N-ethyl adjacent to an activating group) is 1. The number of ether oxygens (including phenoxy) is 1. The van der Waals surface area contributed by atoms with E-state index in [0.29, 0.717) is 11.4 Å². The van der Waals surface area contributed by atoms with Crippen LogP contribution in [0.25, 0.3) is 6.08 Å². The van der Waals surface area contributed by atoms with Crippen LogP contribution in [0.3, 0.4) is 0 Å². The monoisotopic (exact) mass is 407 g/mol. The number of benzene rings is 2. The van der Waals surface area contributed by atoms with Gasteiger partial charge in [0.1, 0.15) is 5.75 Å². The molecule has 0 aromatic heterocycles. The molecule has 3 rings (SSSR count). The van der Waals surface area contributed by atoms with Crippen LogP contribution in [0.2, 0.25) is 0 Å². The number of hydrogen-bond acceptors (Lipinski definition) is 4. The van der Waals surface area contributed by atoms with Gasteiger partial charge < -0.3 is 19.9 Å². The Hall–Kier alpha value is -3.61. The number of amides is 3. The van der Waals surface area contributed by atoms with Crippen LogP contribution in [0.15, 0.2) is 54.7 Å². The zero-order valence-electron chi connectivity index (χ0n) is 17.3. The highest BCUT2D eigenvalue weighted by atomic mass is 16.5. The normalized spacial score (nSPS) is 14.6. The van der Waals surface area contributed by atoms with E-state index in [-0.39, 0.29) is 30.7 Å². The van der Waals surface area contributed by atoms with Gasteiger partial charge in [0.25, 0.3) is 0 Å². The van der Waals surface area contributed by atoms with Crippen molar-refractivity contribution in [3.63, 3.8) is 0 Å². The lowest BCUT2D eigenvalue weighted by Crippen LogP contribution is -2.39. The topological polar surface area (TPSA) is 79.0 Å². The van der Waals surface area contributed by atoms with Crippen LogP contribution in [0.4, 0.5) is 5.69 Å². The van der Waals surface area contributed by atoms with E-state index in [1.54, 1.807) is 49.5 Å². The molecule has 7 heteroatoms. The van der Waals surface area contributed by atoms with Crippen molar-refractivity contribution >= 4 is 29.5 Å². The fraction of sp³-hybridized carbons (Fsp3) is 0.261. The fourth-order valence-electron chi connectivity index (χ4n) is 3.41. The molecular weight excluding hydrogens is 382 g/mol. The molecule has 0 radical (unpaired) electrons. The standard InChI is InChI=1S/C23H25N3O4/c1-16(27)26-13-12-17-6-4-5-7-20(17)21(26)14-23(29)25(2)15-22(28)24-18-8-10-19(30-3)11-9-18/h4-13,21H,14-15H2,1-3H3,(H,24,28)/t21-/m1/s1. The highest BCUT2D eigenvalue weighted by molar-refractivity contribution is 5.94. The quantitative estimate of drug-likeness (QED) is 0.798. The first-order valence-electron chi connectivity index (χ1n) is 9.63. The van der Waals surface area contributed by atoms with E-state index in [9.17, 15) is 14.4 Å². The molecular formula is C23H25N3O4. The van der Waals surface area contributed by atoms with Crippen molar-refractivity contribution < 1.29 is 19.1 Å². The second kappa shape index (κ2) is 9.26. The van der Waals surface area contributed by atoms with Crippen molar-refractivity contribution in [3.8, 4) is 5.75 Å². The highest BCUT2D eigenvalue weighted by Crippen LogP contribution is 2.33. The highest BCUT2D eigenvalue weighted by Gasteiger charge is 2.29. The van der Waals surface area contributed by atoms with E-state index < -0.39 is 6.04 Å². The molecule has 1 heterocycles. The van der Waals surface area contributed by atoms with Crippen LogP contribution >= 0.6 is 0 Å². The van der Waals surface area contributed by atoms with Gasteiger partial charge in [0.15, 0.2) is 0 Å². The van der Waals surface area contributed by atoms with Gasteiger partial charge >= 0.3 is 0 Å². The SMILES string of the molecule is COc1ccc(NC(=O)CN(C)C(=O)C[C@@H]2c3ccccc3C=CN2C(C)=O)cc1.